The van der Waals surface area contributed by atoms with Crippen LogP contribution in [0.3, 0.4) is 0 Å². The molecule has 1 aliphatic rings. The molecule has 0 N–H and O–H groups in total. The van der Waals surface area contributed by atoms with Crippen LogP contribution in [0.15, 0.2) is 17.7 Å². The molecule has 206 valence electrons. The van der Waals surface area contributed by atoms with Gasteiger partial charge in [-0.2, -0.15) is 13.2 Å². The van der Waals surface area contributed by atoms with Crippen molar-refractivity contribution in [3.05, 3.63) is 44.0 Å². The summed E-state index contributed by atoms with van der Waals surface area (Å²) in [6, 6.07) is 2.79. The molecule has 0 amide bonds. The number of ether oxygens (including phenoxy) is 5. The highest BCUT2D eigenvalue weighted by Gasteiger charge is 2.49. The van der Waals surface area contributed by atoms with Gasteiger partial charge in [0.2, 0.25) is 12.4 Å². The largest absolute Gasteiger partial charge is 0.511 e. The molecule has 11 nitrogen and oxygen atoms in total. The Morgan fingerprint density at radius 2 is 1.78 bits per heavy atom. The number of nitrogens with zero attached hydrogens (tertiary/aromatic N) is 1. The van der Waals surface area contributed by atoms with Crippen LogP contribution in [0.1, 0.15) is 38.8 Å². The van der Waals surface area contributed by atoms with Gasteiger partial charge in [0, 0.05) is 17.5 Å². The van der Waals surface area contributed by atoms with E-state index < -0.39 is 46.8 Å². The molecule has 0 radical (unpaired) electrons. The van der Waals surface area contributed by atoms with E-state index >= 15 is 0 Å². The van der Waals surface area contributed by atoms with E-state index in [1.165, 1.54) is 12.1 Å². The van der Waals surface area contributed by atoms with Crippen LogP contribution in [0.4, 0.5) is 18.0 Å². The fourth-order valence-corrected chi connectivity index (χ4v) is 3.53. The van der Waals surface area contributed by atoms with Gasteiger partial charge in [-0.3, -0.25) is 0 Å². The molecule has 1 aromatic carbocycles. The van der Waals surface area contributed by atoms with Crippen LogP contribution in [0.25, 0.3) is 6.08 Å². The monoisotopic (exact) mass is 555 g/mol. The molecule has 2 rings (SSSR count). The molecule has 1 heterocycles. The average molecular weight is 556 g/mol. The number of fused-ring (bicyclic) bond motifs is 1. The van der Waals surface area contributed by atoms with Crippen molar-refractivity contribution in [1.82, 2.24) is 0 Å². The average Bonchev–Trinajstić information content (AvgIpc) is 2.75. The number of esters is 1. The first-order chi connectivity index (χ1) is 17.1. The van der Waals surface area contributed by atoms with Gasteiger partial charge < -0.3 is 28.5 Å². The number of alkyl halides is 3. The molecule has 37 heavy (non-hydrogen) atoms. The minimum atomic E-state index is -4.96. The van der Waals surface area contributed by atoms with Gasteiger partial charge in [-0.05, 0) is 29.2 Å². The van der Waals surface area contributed by atoms with Crippen molar-refractivity contribution < 1.29 is 56.4 Å². The summed E-state index contributed by atoms with van der Waals surface area (Å²) in [4.78, 5) is 38.2. The van der Waals surface area contributed by atoms with Crippen LogP contribution in [-0.2, 0) is 34.0 Å². The van der Waals surface area contributed by atoms with Gasteiger partial charge in [0.1, 0.15) is 19.0 Å². The highest BCUT2D eigenvalue weighted by molar-refractivity contribution is 6.31. The van der Waals surface area contributed by atoms with Crippen LogP contribution in [-0.4, -0.2) is 62.2 Å². The maximum absolute atomic E-state index is 13.7. The Bertz CT molecular complexity index is 1040. The van der Waals surface area contributed by atoms with E-state index in [0.29, 0.717) is 5.56 Å². The Labute approximate surface area is 214 Å². The van der Waals surface area contributed by atoms with Crippen LogP contribution in [0, 0.1) is 10.1 Å². The summed E-state index contributed by atoms with van der Waals surface area (Å²) >= 11 is 6.29. The third-order valence-electron chi connectivity index (χ3n) is 4.69. The zero-order chi connectivity index (χ0) is 28.0. The summed E-state index contributed by atoms with van der Waals surface area (Å²) < 4.78 is 65.4. The Morgan fingerprint density at radius 3 is 2.38 bits per heavy atom. The molecular formula is C22H25ClF3NO10. The topological polar surface area (TPSA) is 133 Å². The van der Waals surface area contributed by atoms with Crippen LogP contribution < -0.4 is 4.74 Å². The minimum absolute atomic E-state index is 0.103. The summed E-state index contributed by atoms with van der Waals surface area (Å²) in [6.07, 6.45) is -9.53. The molecule has 0 aromatic heterocycles. The van der Waals surface area contributed by atoms with Crippen molar-refractivity contribution in [2.45, 2.75) is 51.7 Å². The van der Waals surface area contributed by atoms with Gasteiger partial charge in [-0.25, -0.2) is 9.59 Å². The van der Waals surface area contributed by atoms with Gasteiger partial charge in [0.15, 0.2) is 0 Å². The van der Waals surface area contributed by atoms with Crippen LogP contribution in [0.5, 0.6) is 5.75 Å². The molecule has 15 heteroatoms. The maximum Gasteiger partial charge on any atom is 0.511 e. The van der Waals surface area contributed by atoms with E-state index in [0.717, 1.165) is 13.0 Å². The molecule has 0 aliphatic carbocycles. The van der Waals surface area contributed by atoms with E-state index in [1.807, 2.05) is 20.8 Å². The van der Waals surface area contributed by atoms with Crippen molar-refractivity contribution in [3.63, 3.8) is 0 Å². The predicted molar refractivity (Wildman–Crippen MR) is 120 cm³/mol. The van der Waals surface area contributed by atoms with E-state index in [9.17, 15) is 32.9 Å². The van der Waals surface area contributed by atoms with Gasteiger partial charge >= 0.3 is 18.3 Å². The number of benzene rings is 1. The second-order valence-corrected chi connectivity index (χ2v) is 9.02. The third kappa shape index (κ3) is 8.97. The van der Waals surface area contributed by atoms with Gasteiger partial charge in [-0.1, -0.05) is 32.4 Å². The predicted octanol–water partition coefficient (Wildman–Crippen LogP) is 4.61. The highest BCUT2D eigenvalue weighted by Crippen LogP contribution is 2.42. The van der Waals surface area contributed by atoms with Crippen molar-refractivity contribution in [1.29, 1.82) is 0 Å². The number of rotatable bonds is 10. The number of halogens is 4. The third-order valence-corrected chi connectivity index (χ3v) is 5.00. The number of carbonyl (C=O) groups excluding carboxylic acids is 2. The molecule has 0 saturated heterocycles. The summed E-state index contributed by atoms with van der Waals surface area (Å²) in [7, 11) is 0. The lowest BCUT2D eigenvalue weighted by Gasteiger charge is -2.30. The summed E-state index contributed by atoms with van der Waals surface area (Å²) in [5.74, 6) is -1.54. The van der Waals surface area contributed by atoms with E-state index in [1.54, 1.807) is 0 Å². The number of carbonyl (C=O) groups is 2. The van der Waals surface area contributed by atoms with Crippen molar-refractivity contribution in [2.75, 3.05) is 26.4 Å². The normalized spacial score (nSPS) is 16.0. The molecule has 1 aromatic rings. The lowest BCUT2D eigenvalue weighted by molar-refractivity contribution is -0.758. The van der Waals surface area contributed by atoms with Gasteiger partial charge in [0.05, 0.1) is 18.8 Å². The minimum Gasteiger partial charge on any atom is -0.475 e. The molecule has 0 spiro atoms. The lowest BCUT2D eigenvalue weighted by atomic mass is 9.85. The fourth-order valence-electron chi connectivity index (χ4n) is 3.07. The molecule has 1 unspecified atom stereocenters. The highest BCUT2D eigenvalue weighted by atomic mass is 35.5. The summed E-state index contributed by atoms with van der Waals surface area (Å²) in [5, 5.41) is 9.25. The maximum atomic E-state index is 13.7. The van der Waals surface area contributed by atoms with Crippen molar-refractivity contribution >= 4 is 29.8 Å². The van der Waals surface area contributed by atoms with E-state index in [2.05, 4.69) is 14.3 Å². The number of hydrogen-bond donors (Lipinski definition) is 0. The zero-order valence-corrected chi connectivity index (χ0v) is 21.0. The first-order valence-corrected chi connectivity index (χ1v) is 11.2. The molecule has 0 fully saturated rings. The van der Waals surface area contributed by atoms with Gasteiger partial charge in [0.25, 0.3) is 5.09 Å². The van der Waals surface area contributed by atoms with Gasteiger partial charge in [-0.15, -0.1) is 10.1 Å². The molecule has 2 atom stereocenters. The van der Waals surface area contributed by atoms with Crippen molar-refractivity contribution in [3.8, 4) is 5.75 Å². The standard InChI is InChI=1S/C22H25ClF3NO10/c1-12(36-20(29)33-7-5-32-6-8-34-27(30)31)35-19(28)14-9-13-10-16(23)15(21(2,3)4)11-17(13)37-18(14)22(24,25)26/h9-12,18H,5-8H2,1-4H3/t12?,18-/m0/s1. The smallest absolute Gasteiger partial charge is 0.475 e. The molecule has 0 saturated carbocycles. The zero-order valence-electron chi connectivity index (χ0n) is 20.3. The Balaban J connectivity index is 2.01. The second kappa shape index (κ2) is 12.3. The molecule has 1 aliphatic heterocycles. The lowest BCUT2D eigenvalue weighted by Crippen LogP contribution is -2.41. The van der Waals surface area contributed by atoms with E-state index in [4.69, 9.17) is 25.8 Å². The SMILES string of the molecule is CC(OC(=O)OCCOCCO[N+](=O)[O-])OC(=O)C1=Cc2cc(Cl)c(C(C)(C)C)cc2O[C@@H]1C(F)(F)F. The van der Waals surface area contributed by atoms with Crippen molar-refractivity contribution in [2.24, 2.45) is 0 Å². The summed E-state index contributed by atoms with van der Waals surface area (Å²) in [5.41, 5.74) is -0.648. The molecular weight excluding hydrogens is 531 g/mol. The summed E-state index contributed by atoms with van der Waals surface area (Å²) in [6.45, 7) is 5.65. The van der Waals surface area contributed by atoms with Crippen LogP contribution in [0.2, 0.25) is 5.02 Å². The van der Waals surface area contributed by atoms with E-state index in [-0.39, 0.29) is 42.8 Å². The second-order valence-electron chi connectivity index (χ2n) is 8.62. The first kappa shape index (κ1) is 30.0. The fraction of sp³-hybridized carbons (Fsp3) is 0.545. The Hall–Kier alpha value is -3.26. The number of hydrogen-bond acceptors (Lipinski definition) is 10. The Morgan fingerprint density at radius 1 is 1.14 bits per heavy atom. The van der Waals surface area contributed by atoms with Crippen LogP contribution >= 0.6 is 11.6 Å². The molecule has 0 bridgehead atoms. The Kier molecular flexibility index (Phi) is 9.98. The first-order valence-electron chi connectivity index (χ1n) is 10.8. The quantitative estimate of drug-likeness (QED) is 0.132.